The van der Waals surface area contributed by atoms with Crippen LogP contribution < -0.4 is 4.74 Å². The summed E-state index contributed by atoms with van der Waals surface area (Å²) in [7, 11) is 0. The second-order valence-corrected chi connectivity index (χ2v) is 5.13. The number of ether oxygens (including phenoxy) is 1. The smallest absolute Gasteiger partial charge is 0.119 e. The van der Waals surface area contributed by atoms with Crippen LogP contribution in [-0.2, 0) is 0 Å². The zero-order valence-electron chi connectivity index (χ0n) is 12.2. The molecule has 0 aromatic heterocycles. The number of nitrogens with zero attached hydrogens (tertiary/aromatic N) is 2. The standard InChI is InChI=1S/C16H24N2O/c1-4-18(13-14(2)3)10-5-11-19-16-8-6-15(12-17)7-9-16/h6-9,14H,4-5,10-11,13H2,1-3H3. The fourth-order valence-corrected chi connectivity index (χ4v) is 2.00. The van der Waals surface area contributed by atoms with E-state index in [0.717, 1.165) is 38.4 Å². The highest BCUT2D eigenvalue weighted by atomic mass is 16.5. The summed E-state index contributed by atoms with van der Waals surface area (Å²) in [6.07, 6.45) is 1.03. The molecule has 1 aromatic carbocycles. The first kappa shape index (κ1) is 15.5. The van der Waals surface area contributed by atoms with E-state index in [-0.39, 0.29) is 0 Å². The molecule has 0 atom stereocenters. The summed E-state index contributed by atoms with van der Waals surface area (Å²) in [6, 6.07) is 9.37. The minimum Gasteiger partial charge on any atom is -0.494 e. The van der Waals surface area contributed by atoms with Gasteiger partial charge in [0.2, 0.25) is 0 Å². The molecule has 19 heavy (non-hydrogen) atoms. The highest BCUT2D eigenvalue weighted by Crippen LogP contribution is 2.11. The maximum atomic E-state index is 8.71. The molecule has 0 saturated heterocycles. The molecule has 0 aliphatic heterocycles. The predicted octanol–water partition coefficient (Wildman–Crippen LogP) is 3.31. The molecule has 0 aliphatic rings. The normalized spacial score (nSPS) is 10.7. The topological polar surface area (TPSA) is 36.3 Å². The maximum Gasteiger partial charge on any atom is 0.119 e. The van der Waals surface area contributed by atoms with Gasteiger partial charge in [0.15, 0.2) is 0 Å². The van der Waals surface area contributed by atoms with E-state index in [9.17, 15) is 0 Å². The molecule has 1 rings (SSSR count). The van der Waals surface area contributed by atoms with Gasteiger partial charge in [-0.15, -0.1) is 0 Å². The number of hydrogen-bond acceptors (Lipinski definition) is 3. The van der Waals surface area contributed by atoms with Crippen molar-refractivity contribution in [3.05, 3.63) is 29.8 Å². The summed E-state index contributed by atoms with van der Waals surface area (Å²) in [5.41, 5.74) is 0.668. The summed E-state index contributed by atoms with van der Waals surface area (Å²) in [5.74, 6) is 1.55. The lowest BCUT2D eigenvalue weighted by Gasteiger charge is -2.22. The van der Waals surface area contributed by atoms with Crippen molar-refractivity contribution in [1.29, 1.82) is 5.26 Å². The van der Waals surface area contributed by atoms with Crippen molar-refractivity contribution in [2.24, 2.45) is 5.92 Å². The van der Waals surface area contributed by atoms with Crippen LogP contribution in [0.5, 0.6) is 5.75 Å². The largest absolute Gasteiger partial charge is 0.494 e. The van der Waals surface area contributed by atoms with E-state index in [1.807, 2.05) is 12.1 Å². The molecular weight excluding hydrogens is 236 g/mol. The van der Waals surface area contributed by atoms with Gasteiger partial charge in [-0.1, -0.05) is 20.8 Å². The van der Waals surface area contributed by atoms with Gasteiger partial charge in [0.1, 0.15) is 5.75 Å². The van der Waals surface area contributed by atoms with Crippen LogP contribution in [0.2, 0.25) is 0 Å². The third-order valence-corrected chi connectivity index (χ3v) is 2.94. The van der Waals surface area contributed by atoms with Crippen LogP contribution in [0.15, 0.2) is 24.3 Å². The Kier molecular flexibility index (Phi) is 6.99. The van der Waals surface area contributed by atoms with Crippen molar-refractivity contribution < 1.29 is 4.74 Å². The van der Waals surface area contributed by atoms with Crippen LogP contribution in [0.25, 0.3) is 0 Å². The van der Waals surface area contributed by atoms with Crippen LogP contribution in [0.4, 0.5) is 0 Å². The first-order valence-corrected chi connectivity index (χ1v) is 7.01. The monoisotopic (exact) mass is 260 g/mol. The number of benzene rings is 1. The number of hydrogen-bond donors (Lipinski definition) is 0. The molecular formula is C16H24N2O. The van der Waals surface area contributed by atoms with E-state index < -0.39 is 0 Å². The van der Waals surface area contributed by atoms with E-state index >= 15 is 0 Å². The van der Waals surface area contributed by atoms with Gasteiger partial charge in [-0.05, 0) is 43.1 Å². The van der Waals surface area contributed by atoms with Crippen LogP contribution in [0, 0.1) is 17.2 Å². The lowest BCUT2D eigenvalue weighted by molar-refractivity contribution is 0.224. The van der Waals surface area contributed by atoms with Crippen molar-refractivity contribution >= 4 is 0 Å². The van der Waals surface area contributed by atoms with Gasteiger partial charge in [0.25, 0.3) is 0 Å². The van der Waals surface area contributed by atoms with Crippen LogP contribution in [-0.4, -0.2) is 31.1 Å². The summed E-state index contributed by atoms with van der Waals surface area (Å²) in [5, 5.41) is 8.71. The third kappa shape index (κ3) is 6.26. The van der Waals surface area contributed by atoms with Gasteiger partial charge in [0.05, 0.1) is 18.2 Å². The van der Waals surface area contributed by atoms with Crippen LogP contribution in [0.3, 0.4) is 0 Å². The first-order valence-electron chi connectivity index (χ1n) is 7.01. The molecule has 0 amide bonds. The SMILES string of the molecule is CCN(CCCOc1ccc(C#N)cc1)CC(C)C. The molecule has 0 heterocycles. The lowest BCUT2D eigenvalue weighted by atomic mass is 10.2. The van der Waals surface area contributed by atoms with Crippen molar-refractivity contribution in [1.82, 2.24) is 4.90 Å². The highest BCUT2D eigenvalue weighted by molar-refractivity contribution is 5.34. The molecule has 0 saturated carbocycles. The number of nitriles is 1. The Hall–Kier alpha value is -1.53. The highest BCUT2D eigenvalue weighted by Gasteiger charge is 2.04. The Balaban J connectivity index is 2.24. The van der Waals surface area contributed by atoms with E-state index in [1.54, 1.807) is 12.1 Å². The van der Waals surface area contributed by atoms with Crippen LogP contribution >= 0.6 is 0 Å². The average molecular weight is 260 g/mol. The molecule has 1 aromatic rings. The van der Waals surface area contributed by atoms with Gasteiger partial charge in [0, 0.05) is 13.1 Å². The molecule has 0 radical (unpaired) electrons. The van der Waals surface area contributed by atoms with Crippen molar-refractivity contribution in [3.8, 4) is 11.8 Å². The number of rotatable bonds is 8. The molecule has 0 aliphatic carbocycles. The zero-order valence-corrected chi connectivity index (χ0v) is 12.2. The van der Waals surface area contributed by atoms with E-state index in [4.69, 9.17) is 10.00 Å². The molecule has 0 fully saturated rings. The predicted molar refractivity (Wildman–Crippen MR) is 78.2 cm³/mol. The molecule has 104 valence electrons. The van der Waals surface area contributed by atoms with Crippen molar-refractivity contribution in [2.45, 2.75) is 27.2 Å². The van der Waals surface area contributed by atoms with E-state index in [2.05, 4.69) is 31.7 Å². The van der Waals surface area contributed by atoms with Crippen LogP contribution in [0.1, 0.15) is 32.8 Å². The third-order valence-electron chi connectivity index (χ3n) is 2.94. The second kappa shape index (κ2) is 8.55. The Morgan fingerprint density at radius 2 is 1.95 bits per heavy atom. The van der Waals surface area contributed by atoms with Crippen molar-refractivity contribution in [2.75, 3.05) is 26.2 Å². The first-order chi connectivity index (χ1) is 9.15. The summed E-state index contributed by atoms with van der Waals surface area (Å²) in [6.45, 7) is 10.7. The van der Waals surface area contributed by atoms with Crippen molar-refractivity contribution in [3.63, 3.8) is 0 Å². The lowest BCUT2D eigenvalue weighted by Crippen LogP contribution is -2.29. The Bertz CT molecular complexity index is 392. The zero-order chi connectivity index (χ0) is 14.1. The Morgan fingerprint density at radius 1 is 1.26 bits per heavy atom. The maximum absolute atomic E-state index is 8.71. The van der Waals surface area contributed by atoms with E-state index in [1.165, 1.54) is 0 Å². The molecule has 0 unspecified atom stereocenters. The molecule has 0 N–H and O–H groups in total. The molecule has 3 nitrogen and oxygen atoms in total. The van der Waals surface area contributed by atoms with Gasteiger partial charge < -0.3 is 9.64 Å². The quantitative estimate of drug-likeness (QED) is 0.673. The average Bonchev–Trinajstić information content (AvgIpc) is 2.42. The Labute approximate surface area is 116 Å². The Morgan fingerprint density at radius 3 is 2.47 bits per heavy atom. The molecule has 0 bridgehead atoms. The fraction of sp³-hybridized carbons (Fsp3) is 0.562. The van der Waals surface area contributed by atoms with E-state index in [0.29, 0.717) is 11.5 Å². The molecule has 3 heteroatoms. The van der Waals surface area contributed by atoms with Gasteiger partial charge in [-0.25, -0.2) is 0 Å². The summed E-state index contributed by atoms with van der Waals surface area (Å²) < 4.78 is 5.67. The van der Waals surface area contributed by atoms with Gasteiger partial charge in [-0.2, -0.15) is 5.26 Å². The minimum atomic E-state index is 0.668. The van der Waals surface area contributed by atoms with Gasteiger partial charge >= 0.3 is 0 Å². The molecule has 0 spiro atoms. The minimum absolute atomic E-state index is 0.668. The second-order valence-electron chi connectivity index (χ2n) is 5.13. The fourth-order valence-electron chi connectivity index (χ4n) is 2.00. The summed E-state index contributed by atoms with van der Waals surface area (Å²) >= 11 is 0. The van der Waals surface area contributed by atoms with Gasteiger partial charge in [-0.3, -0.25) is 0 Å². The summed E-state index contributed by atoms with van der Waals surface area (Å²) in [4.78, 5) is 2.45.